The standard InChI is InChI=1S/C10H11N4O8S.Na/c15-6-4(1-21-23(18,19)20)22-10(7(6)16)14-3-13-5-8(14)11-2-12-9(5)17;/h2-4,6-7,10,16H,1H2,(H,11,12,17)(H,18,19,20);/q-1;+1/t4-,6-,7-,10-;/m1./s1. The van der Waals surface area contributed by atoms with Gasteiger partial charge in [-0.25, -0.2) is 14.2 Å². The van der Waals surface area contributed by atoms with Crippen LogP contribution in [0.25, 0.3) is 11.2 Å². The summed E-state index contributed by atoms with van der Waals surface area (Å²) in [5, 5.41) is 22.0. The van der Waals surface area contributed by atoms with Crippen LogP contribution >= 0.6 is 0 Å². The van der Waals surface area contributed by atoms with Gasteiger partial charge < -0.3 is 19.9 Å². The molecule has 3 heterocycles. The number of aliphatic hydroxyl groups is 1. The monoisotopic (exact) mass is 370 g/mol. The van der Waals surface area contributed by atoms with E-state index in [0.29, 0.717) is 0 Å². The number of nitrogens with zero attached hydrogens (tertiary/aromatic N) is 3. The number of nitrogens with one attached hydrogen (secondary N) is 1. The Bertz CT molecular complexity index is 882. The van der Waals surface area contributed by atoms with Crippen molar-refractivity contribution in [2.75, 3.05) is 6.61 Å². The number of hydrogen-bond acceptors (Lipinski definition) is 9. The molecule has 1 aliphatic rings. The van der Waals surface area contributed by atoms with Crippen molar-refractivity contribution in [2.45, 2.75) is 24.5 Å². The number of H-pyrrole nitrogens is 1. The van der Waals surface area contributed by atoms with Crippen LogP contribution in [0.3, 0.4) is 0 Å². The molecule has 0 aliphatic carbocycles. The van der Waals surface area contributed by atoms with Crippen molar-refractivity contribution in [3.8, 4) is 0 Å². The van der Waals surface area contributed by atoms with Crippen LogP contribution in [-0.2, 0) is 19.3 Å². The van der Waals surface area contributed by atoms with E-state index in [-0.39, 0.29) is 40.7 Å². The summed E-state index contributed by atoms with van der Waals surface area (Å²) in [6, 6.07) is 0. The van der Waals surface area contributed by atoms with Gasteiger partial charge in [-0.3, -0.25) is 13.9 Å². The second-order valence-electron chi connectivity index (χ2n) is 4.79. The number of aliphatic hydroxyl groups excluding tert-OH is 1. The van der Waals surface area contributed by atoms with Crippen LogP contribution in [0.4, 0.5) is 0 Å². The zero-order chi connectivity index (χ0) is 16.8. The molecule has 1 fully saturated rings. The van der Waals surface area contributed by atoms with Crippen LogP contribution < -0.4 is 40.2 Å². The topological polar surface area (TPSA) is 180 Å². The minimum atomic E-state index is -4.74. The summed E-state index contributed by atoms with van der Waals surface area (Å²) in [7, 11) is -4.74. The second kappa shape index (κ2) is 7.15. The molecular weight excluding hydrogens is 359 g/mol. The van der Waals surface area contributed by atoms with E-state index < -0.39 is 47.1 Å². The van der Waals surface area contributed by atoms with Crippen molar-refractivity contribution in [3.05, 3.63) is 23.0 Å². The third-order valence-corrected chi connectivity index (χ3v) is 3.76. The van der Waals surface area contributed by atoms with Gasteiger partial charge in [0.1, 0.15) is 0 Å². The van der Waals surface area contributed by atoms with Gasteiger partial charge in [-0.15, -0.1) is 0 Å². The summed E-state index contributed by atoms with van der Waals surface area (Å²) in [6.45, 7) is -0.763. The Kier molecular flexibility index (Phi) is 5.79. The summed E-state index contributed by atoms with van der Waals surface area (Å²) >= 11 is 0. The fourth-order valence-corrected chi connectivity index (χ4v) is 2.59. The van der Waals surface area contributed by atoms with Gasteiger partial charge in [0.05, 0.1) is 31.5 Å². The number of aromatic nitrogens is 4. The Hall–Kier alpha value is -0.900. The molecule has 1 aliphatic heterocycles. The minimum Gasteiger partial charge on any atom is -0.848 e. The van der Waals surface area contributed by atoms with Crippen LogP contribution in [0.15, 0.2) is 17.4 Å². The largest absolute Gasteiger partial charge is 1.00 e. The molecule has 3 rings (SSSR count). The Morgan fingerprint density at radius 3 is 2.83 bits per heavy atom. The smallest absolute Gasteiger partial charge is 0.848 e. The molecule has 12 nitrogen and oxygen atoms in total. The number of ether oxygens (including phenoxy) is 1. The zero-order valence-electron chi connectivity index (χ0n) is 12.3. The first-order valence-electron chi connectivity index (χ1n) is 6.29. The fourth-order valence-electron chi connectivity index (χ4n) is 2.29. The van der Waals surface area contributed by atoms with Crippen LogP contribution in [0.5, 0.6) is 0 Å². The molecular formula is C10H11N4NaO8S. The molecule has 0 spiro atoms. The Labute approximate surface area is 156 Å². The van der Waals surface area contributed by atoms with Gasteiger partial charge >= 0.3 is 40.0 Å². The van der Waals surface area contributed by atoms with Gasteiger partial charge in [0, 0.05) is 0 Å². The first-order chi connectivity index (χ1) is 10.8. The number of hydrogen-bond donors (Lipinski definition) is 3. The van der Waals surface area contributed by atoms with E-state index >= 15 is 0 Å². The quantitative estimate of drug-likeness (QED) is 0.346. The van der Waals surface area contributed by atoms with Crippen molar-refractivity contribution in [2.24, 2.45) is 0 Å². The van der Waals surface area contributed by atoms with E-state index in [2.05, 4.69) is 19.1 Å². The molecule has 2 aromatic rings. The van der Waals surface area contributed by atoms with Crippen LogP contribution in [0.2, 0.25) is 0 Å². The molecule has 0 amide bonds. The predicted molar refractivity (Wildman–Crippen MR) is 69.4 cm³/mol. The third-order valence-electron chi connectivity index (χ3n) is 3.33. The zero-order valence-corrected chi connectivity index (χ0v) is 15.1. The molecule has 0 saturated carbocycles. The van der Waals surface area contributed by atoms with Crippen LogP contribution in [-0.4, -0.2) is 62.5 Å². The molecule has 1 saturated heterocycles. The van der Waals surface area contributed by atoms with E-state index in [4.69, 9.17) is 9.29 Å². The molecule has 0 radical (unpaired) electrons. The molecule has 0 unspecified atom stereocenters. The SMILES string of the molecule is O=c1[nH]cnc2c1ncn2[C@@H]1O[C@H](COS(=O)(=O)O)[C@@H]([O-])[C@H]1O.[Na+]. The van der Waals surface area contributed by atoms with Crippen LogP contribution in [0.1, 0.15) is 6.23 Å². The third kappa shape index (κ3) is 3.68. The van der Waals surface area contributed by atoms with E-state index in [9.17, 15) is 23.4 Å². The summed E-state index contributed by atoms with van der Waals surface area (Å²) in [5.74, 6) is 0. The van der Waals surface area contributed by atoms with Gasteiger partial charge in [0.2, 0.25) is 0 Å². The summed E-state index contributed by atoms with van der Waals surface area (Å²) in [5.41, 5.74) is -0.434. The number of imidazole rings is 1. The minimum absolute atomic E-state index is 0. The molecule has 4 atom stereocenters. The molecule has 2 aromatic heterocycles. The summed E-state index contributed by atoms with van der Waals surface area (Å²) < 4.78 is 40.2. The Balaban J connectivity index is 0.00000208. The van der Waals surface area contributed by atoms with E-state index in [1.165, 1.54) is 10.9 Å². The molecule has 0 aromatic carbocycles. The predicted octanol–water partition coefficient (Wildman–Crippen LogP) is -6.07. The van der Waals surface area contributed by atoms with Crippen molar-refractivity contribution in [3.63, 3.8) is 0 Å². The average molecular weight is 370 g/mol. The van der Waals surface area contributed by atoms with Crippen molar-refractivity contribution < 1.29 is 61.7 Å². The van der Waals surface area contributed by atoms with Gasteiger partial charge in [-0.1, -0.05) is 6.10 Å². The molecule has 14 heteroatoms. The van der Waals surface area contributed by atoms with Gasteiger partial charge in [0.25, 0.3) is 5.56 Å². The molecule has 0 bridgehead atoms. The molecule has 24 heavy (non-hydrogen) atoms. The van der Waals surface area contributed by atoms with Crippen molar-refractivity contribution in [1.82, 2.24) is 19.5 Å². The van der Waals surface area contributed by atoms with E-state index in [1.54, 1.807) is 0 Å². The van der Waals surface area contributed by atoms with Crippen molar-refractivity contribution >= 4 is 21.6 Å². The maximum Gasteiger partial charge on any atom is 1.00 e. The van der Waals surface area contributed by atoms with Gasteiger partial charge in [-0.2, -0.15) is 8.42 Å². The van der Waals surface area contributed by atoms with Gasteiger partial charge in [-0.05, 0) is 0 Å². The second-order valence-corrected chi connectivity index (χ2v) is 5.88. The van der Waals surface area contributed by atoms with Crippen molar-refractivity contribution in [1.29, 1.82) is 0 Å². The Morgan fingerprint density at radius 2 is 2.17 bits per heavy atom. The van der Waals surface area contributed by atoms with Crippen LogP contribution in [0, 0.1) is 0 Å². The van der Waals surface area contributed by atoms with E-state index in [0.717, 1.165) is 6.33 Å². The average Bonchev–Trinajstić information content (AvgIpc) is 3.01. The van der Waals surface area contributed by atoms with Gasteiger partial charge in [0.15, 0.2) is 17.4 Å². The van der Waals surface area contributed by atoms with E-state index in [1.807, 2.05) is 0 Å². The number of fused-ring (bicyclic) bond motifs is 1. The number of aromatic amines is 1. The first-order valence-corrected chi connectivity index (χ1v) is 7.66. The molecule has 3 N–H and O–H groups in total. The molecule has 126 valence electrons. The summed E-state index contributed by atoms with van der Waals surface area (Å²) in [4.78, 5) is 21.6. The fraction of sp³-hybridized carbons (Fsp3) is 0.500. The normalized spacial score (nSPS) is 27.3. The Morgan fingerprint density at radius 1 is 1.46 bits per heavy atom. The summed E-state index contributed by atoms with van der Waals surface area (Å²) in [6.07, 6.45) is -3.58. The maximum atomic E-state index is 12.0. The number of rotatable bonds is 4. The maximum absolute atomic E-state index is 12.0. The first kappa shape index (κ1) is 19.4.